The first-order valence-corrected chi connectivity index (χ1v) is 5.36. The molecule has 4 N–H and O–H groups in total. The topological polar surface area (TPSA) is 58.3 Å². The molecule has 0 saturated carbocycles. The highest BCUT2D eigenvalue weighted by molar-refractivity contribution is 5.52. The third kappa shape index (κ3) is 3.53. The molecule has 84 valence electrons. The maximum atomic E-state index is 9.36. The van der Waals surface area contributed by atoms with Crippen LogP contribution in [0.2, 0.25) is 0 Å². The van der Waals surface area contributed by atoms with Gasteiger partial charge in [-0.1, -0.05) is 32.0 Å². The largest absolute Gasteiger partial charge is 0.390 e. The number of rotatable bonds is 5. The molecule has 0 aliphatic heterocycles. The van der Waals surface area contributed by atoms with Crippen LogP contribution < -0.4 is 11.1 Å². The van der Waals surface area contributed by atoms with Crippen LogP contribution in [0.15, 0.2) is 24.3 Å². The fraction of sp³-hybridized carbons (Fsp3) is 0.500. The Morgan fingerprint density at radius 2 is 2.00 bits per heavy atom. The number of hydrogen-bond acceptors (Lipinski definition) is 3. The summed E-state index contributed by atoms with van der Waals surface area (Å²) < 4.78 is 0. The Bertz CT molecular complexity index is 299. The highest BCUT2D eigenvalue weighted by atomic mass is 16.3. The molecular weight excluding hydrogens is 188 g/mol. The molecule has 0 spiro atoms. The van der Waals surface area contributed by atoms with Gasteiger partial charge in [-0.3, -0.25) is 0 Å². The van der Waals surface area contributed by atoms with Crippen LogP contribution in [0.1, 0.15) is 25.3 Å². The second-order valence-electron chi connectivity index (χ2n) is 4.01. The predicted molar refractivity (Wildman–Crippen MR) is 64.1 cm³/mol. The van der Waals surface area contributed by atoms with E-state index in [1.165, 1.54) is 5.56 Å². The molecule has 0 aromatic heterocycles. The molecule has 0 bridgehead atoms. The highest BCUT2D eigenvalue weighted by Crippen LogP contribution is 2.23. The van der Waals surface area contributed by atoms with Gasteiger partial charge in [-0.25, -0.2) is 0 Å². The van der Waals surface area contributed by atoms with Crippen molar-refractivity contribution >= 4 is 5.69 Å². The molecule has 15 heavy (non-hydrogen) atoms. The van der Waals surface area contributed by atoms with Crippen LogP contribution in [-0.2, 0) is 0 Å². The molecule has 0 heterocycles. The molecule has 0 saturated heterocycles. The molecule has 0 fully saturated rings. The number of anilines is 1. The quantitative estimate of drug-likeness (QED) is 0.688. The van der Waals surface area contributed by atoms with Crippen molar-refractivity contribution in [2.24, 2.45) is 5.73 Å². The maximum absolute atomic E-state index is 9.36. The molecule has 1 aromatic rings. The van der Waals surface area contributed by atoms with Gasteiger partial charge in [0.15, 0.2) is 0 Å². The molecule has 0 aliphatic carbocycles. The third-order valence-electron chi connectivity index (χ3n) is 2.38. The minimum Gasteiger partial charge on any atom is -0.390 e. The summed E-state index contributed by atoms with van der Waals surface area (Å²) in [6.07, 6.45) is -0.481. The molecule has 0 amide bonds. The lowest BCUT2D eigenvalue weighted by atomic mass is 10.0. The van der Waals surface area contributed by atoms with Crippen LogP contribution in [0, 0.1) is 0 Å². The molecule has 0 aliphatic rings. The Morgan fingerprint density at radius 1 is 1.33 bits per heavy atom. The number of aliphatic hydroxyl groups excluding tert-OH is 1. The molecule has 1 unspecified atom stereocenters. The van der Waals surface area contributed by atoms with Crippen molar-refractivity contribution in [3.8, 4) is 0 Å². The number of para-hydroxylation sites is 1. The Morgan fingerprint density at radius 3 is 2.60 bits per heavy atom. The zero-order valence-corrected chi connectivity index (χ0v) is 9.40. The first-order chi connectivity index (χ1) is 7.15. The van der Waals surface area contributed by atoms with Gasteiger partial charge in [-0.15, -0.1) is 0 Å². The van der Waals surface area contributed by atoms with E-state index in [1.54, 1.807) is 0 Å². The number of nitrogens with one attached hydrogen (secondary N) is 1. The molecule has 0 radical (unpaired) electrons. The second-order valence-corrected chi connectivity index (χ2v) is 4.01. The van der Waals surface area contributed by atoms with Crippen molar-refractivity contribution in [1.82, 2.24) is 0 Å². The Kier molecular flexibility index (Phi) is 4.59. The Labute approximate surface area is 91.3 Å². The number of nitrogens with two attached hydrogens (primary N) is 1. The number of aliphatic hydroxyl groups is 1. The van der Waals surface area contributed by atoms with Gasteiger partial charge < -0.3 is 16.2 Å². The Hall–Kier alpha value is -1.06. The minimum absolute atomic E-state index is 0.289. The van der Waals surface area contributed by atoms with Crippen molar-refractivity contribution < 1.29 is 5.11 Å². The van der Waals surface area contributed by atoms with Crippen LogP contribution >= 0.6 is 0 Å². The summed E-state index contributed by atoms with van der Waals surface area (Å²) in [5.74, 6) is 0.476. The van der Waals surface area contributed by atoms with E-state index in [-0.39, 0.29) is 6.54 Å². The zero-order valence-electron chi connectivity index (χ0n) is 9.40. The van der Waals surface area contributed by atoms with Gasteiger partial charge in [0, 0.05) is 18.8 Å². The van der Waals surface area contributed by atoms with Crippen LogP contribution in [0.5, 0.6) is 0 Å². The van der Waals surface area contributed by atoms with Crippen molar-refractivity contribution in [1.29, 1.82) is 0 Å². The summed E-state index contributed by atoms with van der Waals surface area (Å²) in [6.45, 7) is 5.09. The average molecular weight is 208 g/mol. The van der Waals surface area contributed by atoms with Crippen molar-refractivity contribution in [3.63, 3.8) is 0 Å². The summed E-state index contributed by atoms with van der Waals surface area (Å²) in [5.41, 5.74) is 7.69. The van der Waals surface area contributed by atoms with Gasteiger partial charge in [0.05, 0.1) is 6.10 Å². The lowest BCUT2D eigenvalue weighted by Gasteiger charge is -2.16. The third-order valence-corrected chi connectivity index (χ3v) is 2.38. The lowest BCUT2D eigenvalue weighted by Crippen LogP contribution is -2.28. The lowest BCUT2D eigenvalue weighted by molar-refractivity contribution is 0.196. The van der Waals surface area contributed by atoms with E-state index < -0.39 is 6.10 Å². The van der Waals surface area contributed by atoms with Gasteiger partial charge >= 0.3 is 0 Å². The fourth-order valence-corrected chi connectivity index (χ4v) is 1.47. The maximum Gasteiger partial charge on any atom is 0.0834 e. The smallest absolute Gasteiger partial charge is 0.0834 e. The Balaban J connectivity index is 2.67. The van der Waals surface area contributed by atoms with Gasteiger partial charge in [0.1, 0.15) is 0 Å². The van der Waals surface area contributed by atoms with Gasteiger partial charge in [0.2, 0.25) is 0 Å². The molecule has 1 atom stereocenters. The average Bonchev–Trinajstić information content (AvgIpc) is 2.26. The van der Waals surface area contributed by atoms with Gasteiger partial charge in [-0.2, -0.15) is 0 Å². The standard InChI is InChI=1S/C12H20N2O/c1-9(2)11-5-3-4-6-12(11)14-8-10(15)7-13/h3-6,9-10,14-15H,7-8,13H2,1-2H3. The van der Waals surface area contributed by atoms with E-state index in [4.69, 9.17) is 5.73 Å². The second kappa shape index (κ2) is 5.73. The summed E-state index contributed by atoms with van der Waals surface area (Å²) in [7, 11) is 0. The number of benzene rings is 1. The summed E-state index contributed by atoms with van der Waals surface area (Å²) in [5, 5.41) is 12.6. The summed E-state index contributed by atoms with van der Waals surface area (Å²) in [4.78, 5) is 0. The van der Waals surface area contributed by atoms with E-state index in [9.17, 15) is 5.11 Å². The van der Waals surface area contributed by atoms with E-state index in [0.717, 1.165) is 5.69 Å². The van der Waals surface area contributed by atoms with Crippen molar-refractivity contribution in [3.05, 3.63) is 29.8 Å². The highest BCUT2D eigenvalue weighted by Gasteiger charge is 2.06. The van der Waals surface area contributed by atoms with E-state index in [1.807, 2.05) is 18.2 Å². The summed E-state index contributed by atoms with van der Waals surface area (Å²) >= 11 is 0. The van der Waals surface area contributed by atoms with Crippen LogP contribution in [0.3, 0.4) is 0 Å². The zero-order chi connectivity index (χ0) is 11.3. The molecular formula is C12H20N2O. The molecule has 1 rings (SSSR count). The first kappa shape index (κ1) is 12.0. The van der Waals surface area contributed by atoms with Gasteiger partial charge in [-0.05, 0) is 17.5 Å². The molecule has 3 nitrogen and oxygen atoms in total. The van der Waals surface area contributed by atoms with Crippen molar-refractivity contribution in [2.45, 2.75) is 25.9 Å². The number of hydrogen-bond donors (Lipinski definition) is 3. The fourth-order valence-electron chi connectivity index (χ4n) is 1.47. The van der Waals surface area contributed by atoms with Crippen LogP contribution in [0.4, 0.5) is 5.69 Å². The van der Waals surface area contributed by atoms with E-state index in [0.29, 0.717) is 12.5 Å². The van der Waals surface area contributed by atoms with E-state index >= 15 is 0 Å². The monoisotopic (exact) mass is 208 g/mol. The molecule has 1 aromatic carbocycles. The SMILES string of the molecule is CC(C)c1ccccc1NCC(O)CN. The normalized spacial score (nSPS) is 12.9. The van der Waals surface area contributed by atoms with Crippen molar-refractivity contribution in [2.75, 3.05) is 18.4 Å². The van der Waals surface area contributed by atoms with E-state index in [2.05, 4.69) is 25.2 Å². The minimum atomic E-state index is -0.481. The molecule has 3 heteroatoms. The van der Waals surface area contributed by atoms with Crippen LogP contribution in [-0.4, -0.2) is 24.3 Å². The first-order valence-electron chi connectivity index (χ1n) is 5.36. The van der Waals surface area contributed by atoms with Crippen LogP contribution in [0.25, 0.3) is 0 Å². The summed E-state index contributed by atoms with van der Waals surface area (Å²) in [6, 6.07) is 8.14. The van der Waals surface area contributed by atoms with Gasteiger partial charge in [0.25, 0.3) is 0 Å². The predicted octanol–water partition coefficient (Wildman–Crippen LogP) is 1.54.